The molecule has 1 aromatic carbocycles. The molecule has 0 aliphatic heterocycles. The van der Waals surface area contributed by atoms with Gasteiger partial charge in [-0.2, -0.15) is 0 Å². The van der Waals surface area contributed by atoms with Crippen molar-refractivity contribution in [2.45, 2.75) is 13.5 Å². The van der Waals surface area contributed by atoms with Crippen LogP contribution in [0.3, 0.4) is 0 Å². The molecular formula is C11H10ClNO. The van der Waals surface area contributed by atoms with Gasteiger partial charge >= 0.3 is 0 Å². The summed E-state index contributed by atoms with van der Waals surface area (Å²) < 4.78 is 0. The molecule has 0 spiro atoms. The fraction of sp³-hybridized carbons (Fsp3) is 0.182. The van der Waals surface area contributed by atoms with Gasteiger partial charge in [-0.15, -0.1) is 0 Å². The zero-order valence-electron chi connectivity index (χ0n) is 7.79. The van der Waals surface area contributed by atoms with Gasteiger partial charge in [0, 0.05) is 5.39 Å². The third-order valence-corrected chi connectivity index (χ3v) is 2.42. The molecule has 0 saturated heterocycles. The van der Waals surface area contributed by atoms with E-state index in [1.54, 1.807) is 0 Å². The number of hydrogen-bond donors (Lipinski definition) is 1. The number of aliphatic hydroxyl groups is 1. The van der Waals surface area contributed by atoms with Crippen LogP contribution in [-0.2, 0) is 6.61 Å². The van der Waals surface area contributed by atoms with Crippen molar-refractivity contribution in [3.63, 3.8) is 0 Å². The van der Waals surface area contributed by atoms with Gasteiger partial charge in [-0.25, -0.2) is 4.98 Å². The Morgan fingerprint density at radius 1 is 1.36 bits per heavy atom. The summed E-state index contributed by atoms with van der Waals surface area (Å²) >= 11 is 5.84. The van der Waals surface area contributed by atoms with Crippen molar-refractivity contribution in [3.05, 3.63) is 40.5 Å². The van der Waals surface area contributed by atoms with Crippen LogP contribution < -0.4 is 0 Å². The second kappa shape index (κ2) is 3.56. The molecule has 1 N–H and O–H groups in total. The van der Waals surface area contributed by atoms with Gasteiger partial charge in [0.15, 0.2) is 0 Å². The van der Waals surface area contributed by atoms with E-state index in [9.17, 15) is 0 Å². The first kappa shape index (κ1) is 9.44. The molecule has 1 aromatic heterocycles. The lowest BCUT2D eigenvalue weighted by Crippen LogP contribution is -1.88. The number of pyridine rings is 1. The summed E-state index contributed by atoms with van der Waals surface area (Å²) in [7, 11) is 0. The topological polar surface area (TPSA) is 33.1 Å². The number of nitrogens with zero attached hydrogens (tertiary/aromatic N) is 1. The van der Waals surface area contributed by atoms with Crippen molar-refractivity contribution in [2.24, 2.45) is 0 Å². The number of aliphatic hydroxyl groups excluding tert-OH is 1. The van der Waals surface area contributed by atoms with E-state index in [0.29, 0.717) is 5.15 Å². The molecule has 0 unspecified atom stereocenters. The maximum Gasteiger partial charge on any atom is 0.130 e. The SMILES string of the molecule is Cc1cc(Cl)nc2ccc(CO)cc12. The number of hydrogen-bond acceptors (Lipinski definition) is 2. The molecule has 2 rings (SSSR count). The molecule has 0 aliphatic carbocycles. The number of aryl methyl sites for hydroxylation is 1. The Labute approximate surface area is 87.2 Å². The molecule has 3 heteroatoms. The molecule has 72 valence electrons. The lowest BCUT2D eigenvalue weighted by atomic mass is 10.1. The van der Waals surface area contributed by atoms with Gasteiger partial charge in [0.05, 0.1) is 12.1 Å². The van der Waals surface area contributed by atoms with E-state index in [2.05, 4.69) is 4.98 Å². The summed E-state index contributed by atoms with van der Waals surface area (Å²) in [6.07, 6.45) is 0. The van der Waals surface area contributed by atoms with Crippen LogP contribution >= 0.6 is 11.6 Å². The predicted octanol–water partition coefficient (Wildman–Crippen LogP) is 2.69. The molecule has 2 nitrogen and oxygen atoms in total. The Hall–Kier alpha value is -1.12. The van der Waals surface area contributed by atoms with Crippen LogP contribution in [-0.4, -0.2) is 10.1 Å². The summed E-state index contributed by atoms with van der Waals surface area (Å²) in [5, 5.41) is 10.5. The summed E-state index contributed by atoms with van der Waals surface area (Å²) in [6, 6.07) is 7.49. The van der Waals surface area contributed by atoms with Crippen molar-refractivity contribution in [2.75, 3.05) is 0 Å². The summed E-state index contributed by atoms with van der Waals surface area (Å²) in [5.41, 5.74) is 2.84. The maximum absolute atomic E-state index is 9.00. The molecule has 0 atom stereocenters. The minimum absolute atomic E-state index is 0.0536. The van der Waals surface area contributed by atoms with Gasteiger partial charge in [0.2, 0.25) is 0 Å². The number of aromatic nitrogens is 1. The van der Waals surface area contributed by atoms with E-state index in [0.717, 1.165) is 22.0 Å². The second-order valence-corrected chi connectivity index (χ2v) is 3.66. The smallest absolute Gasteiger partial charge is 0.130 e. The molecule has 0 saturated carbocycles. The van der Waals surface area contributed by atoms with E-state index in [1.807, 2.05) is 31.2 Å². The average Bonchev–Trinajstić information content (AvgIpc) is 2.17. The normalized spacial score (nSPS) is 10.8. The molecule has 0 amide bonds. The monoisotopic (exact) mass is 207 g/mol. The van der Waals surface area contributed by atoms with Gasteiger partial charge in [-0.3, -0.25) is 0 Å². The van der Waals surface area contributed by atoms with E-state index in [1.165, 1.54) is 0 Å². The zero-order valence-corrected chi connectivity index (χ0v) is 8.54. The maximum atomic E-state index is 9.00. The van der Waals surface area contributed by atoms with Crippen molar-refractivity contribution in [1.82, 2.24) is 4.98 Å². The molecule has 0 bridgehead atoms. The number of rotatable bonds is 1. The highest BCUT2D eigenvalue weighted by atomic mass is 35.5. The average molecular weight is 208 g/mol. The fourth-order valence-electron chi connectivity index (χ4n) is 1.50. The Kier molecular flexibility index (Phi) is 2.40. The summed E-state index contributed by atoms with van der Waals surface area (Å²) in [6.45, 7) is 2.04. The third-order valence-electron chi connectivity index (χ3n) is 2.23. The fourth-order valence-corrected chi connectivity index (χ4v) is 1.75. The Morgan fingerprint density at radius 3 is 2.86 bits per heavy atom. The van der Waals surface area contributed by atoms with Gasteiger partial charge in [-0.05, 0) is 36.2 Å². The highest BCUT2D eigenvalue weighted by Crippen LogP contribution is 2.21. The lowest BCUT2D eigenvalue weighted by Gasteiger charge is -2.04. The lowest BCUT2D eigenvalue weighted by molar-refractivity contribution is 0.282. The first-order valence-electron chi connectivity index (χ1n) is 4.37. The first-order valence-corrected chi connectivity index (χ1v) is 4.75. The van der Waals surface area contributed by atoms with Gasteiger partial charge in [0.1, 0.15) is 5.15 Å². The van der Waals surface area contributed by atoms with E-state index in [4.69, 9.17) is 16.7 Å². The quantitative estimate of drug-likeness (QED) is 0.730. The first-order chi connectivity index (χ1) is 6.70. The molecular weight excluding hydrogens is 198 g/mol. The Morgan fingerprint density at radius 2 is 2.14 bits per heavy atom. The molecule has 0 fully saturated rings. The van der Waals surface area contributed by atoms with Gasteiger partial charge < -0.3 is 5.11 Å². The zero-order chi connectivity index (χ0) is 10.1. The largest absolute Gasteiger partial charge is 0.392 e. The number of halogens is 1. The molecule has 0 radical (unpaired) electrons. The number of fused-ring (bicyclic) bond motifs is 1. The highest BCUT2D eigenvalue weighted by Gasteiger charge is 2.01. The van der Waals surface area contributed by atoms with E-state index >= 15 is 0 Å². The van der Waals surface area contributed by atoms with Crippen LogP contribution in [0.15, 0.2) is 24.3 Å². The third kappa shape index (κ3) is 1.59. The van der Waals surface area contributed by atoms with Crippen molar-refractivity contribution >= 4 is 22.5 Å². The molecule has 14 heavy (non-hydrogen) atoms. The predicted molar refractivity (Wildman–Crippen MR) is 57.4 cm³/mol. The number of benzene rings is 1. The van der Waals surface area contributed by atoms with Crippen LogP contribution in [0.5, 0.6) is 0 Å². The van der Waals surface area contributed by atoms with Crippen LogP contribution in [0.4, 0.5) is 0 Å². The minimum Gasteiger partial charge on any atom is -0.392 e. The standard InChI is InChI=1S/C11H10ClNO/c1-7-4-11(12)13-10-3-2-8(6-14)5-9(7)10/h2-5,14H,6H2,1H3. The second-order valence-electron chi connectivity index (χ2n) is 3.27. The Bertz CT molecular complexity index is 482. The molecule has 2 aromatic rings. The van der Waals surface area contributed by atoms with Crippen LogP contribution in [0.25, 0.3) is 10.9 Å². The van der Waals surface area contributed by atoms with Crippen molar-refractivity contribution in [3.8, 4) is 0 Å². The molecule has 1 heterocycles. The van der Waals surface area contributed by atoms with Gasteiger partial charge in [-0.1, -0.05) is 17.7 Å². The molecule has 0 aliphatic rings. The summed E-state index contributed by atoms with van der Waals surface area (Å²) in [4.78, 5) is 4.20. The summed E-state index contributed by atoms with van der Waals surface area (Å²) in [5.74, 6) is 0. The van der Waals surface area contributed by atoms with Crippen LogP contribution in [0.2, 0.25) is 5.15 Å². The van der Waals surface area contributed by atoms with Crippen LogP contribution in [0.1, 0.15) is 11.1 Å². The van der Waals surface area contributed by atoms with Crippen LogP contribution in [0, 0.1) is 6.92 Å². The van der Waals surface area contributed by atoms with Gasteiger partial charge in [0.25, 0.3) is 0 Å². The highest BCUT2D eigenvalue weighted by molar-refractivity contribution is 6.29. The van der Waals surface area contributed by atoms with E-state index in [-0.39, 0.29) is 6.61 Å². The Balaban J connectivity index is 2.75. The van der Waals surface area contributed by atoms with E-state index < -0.39 is 0 Å². The minimum atomic E-state index is 0.0536. The van der Waals surface area contributed by atoms with Crippen molar-refractivity contribution < 1.29 is 5.11 Å². The van der Waals surface area contributed by atoms with Crippen molar-refractivity contribution in [1.29, 1.82) is 0 Å².